The van der Waals surface area contributed by atoms with Gasteiger partial charge in [-0.3, -0.25) is 4.99 Å². The summed E-state index contributed by atoms with van der Waals surface area (Å²) in [4.78, 5) is 5.09. The number of guanidine groups is 1. The average Bonchev–Trinajstić information content (AvgIpc) is 2.44. The van der Waals surface area contributed by atoms with Crippen molar-refractivity contribution in [2.24, 2.45) is 4.99 Å². The second-order valence-corrected chi connectivity index (χ2v) is 5.88. The third kappa shape index (κ3) is 8.81. The highest BCUT2D eigenvalue weighted by atomic mass is 32.2. The van der Waals surface area contributed by atoms with E-state index in [1.165, 1.54) is 10.5 Å². The van der Waals surface area contributed by atoms with Crippen LogP contribution in [0.15, 0.2) is 34.2 Å². The molecule has 0 amide bonds. The summed E-state index contributed by atoms with van der Waals surface area (Å²) in [6.45, 7) is 4.90. The van der Waals surface area contributed by atoms with Crippen molar-refractivity contribution in [2.75, 3.05) is 25.4 Å². The zero-order valence-corrected chi connectivity index (χ0v) is 13.7. The summed E-state index contributed by atoms with van der Waals surface area (Å²) in [5, 5.41) is 5.98. The molecule has 1 rings (SSSR count). The first-order valence-corrected chi connectivity index (χ1v) is 8.17. The molecule has 2 N–H and O–H groups in total. The van der Waals surface area contributed by atoms with Crippen molar-refractivity contribution >= 4 is 17.7 Å². The van der Waals surface area contributed by atoms with E-state index in [4.69, 9.17) is 0 Å². The van der Waals surface area contributed by atoms with Crippen molar-refractivity contribution in [1.29, 1.82) is 0 Å². The normalized spacial score (nSPS) is 12.3. The van der Waals surface area contributed by atoms with Gasteiger partial charge in [0.25, 0.3) is 0 Å². The molecular weight excluding hydrogens is 311 g/mol. The summed E-state index contributed by atoms with van der Waals surface area (Å²) >= 11 is 1.69. The Morgan fingerprint density at radius 3 is 2.45 bits per heavy atom. The minimum atomic E-state index is -4.16. The fourth-order valence-electron chi connectivity index (χ4n) is 1.61. The SMILES string of the molecule is CCNC(=NCCC(F)(F)F)NCCSc1ccc(C)cc1. The standard InChI is InChI=1S/C15H22F3N3S/c1-3-19-14(20-9-8-15(16,17)18)21-10-11-22-13-6-4-12(2)5-7-13/h4-7H,3,8-11H2,1-2H3,(H2,19,20,21). The first kappa shape index (κ1) is 18.7. The highest BCUT2D eigenvalue weighted by Gasteiger charge is 2.26. The molecule has 0 aliphatic carbocycles. The van der Waals surface area contributed by atoms with Crippen molar-refractivity contribution in [3.05, 3.63) is 29.8 Å². The first-order chi connectivity index (χ1) is 10.4. The van der Waals surface area contributed by atoms with Crippen LogP contribution in [-0.2, 0) is 0 Å². The Morgan fingerprint density at radius 1 is 1.18 bits per heavy atom. The fourth-order valence-corrected chi connectivity index (χ4v) is 2.38. The number of rotatable bonds is 7. The van der Waals surface area contributed by atoms with Crippen LogP contribution in [0.3, 0.4) is 0 Å². The molecule has 0 saturated heterocycles. The van der Waals surface area contributed by atoms with E-state index in [9.17, 15) is 13.2 Å². The lowest BCUT2D eigenvalue weighted by molar-refractivity contribution is -0.132. The van der Waals surface area contributed by atoms with Gasteiger partial charge in [-0.05, 0) is 26.0 Å². The molecule has 7 heteroatoms. The van der Waals surface area contributed by atoms with Gasteiger partial charge in [0, 0.05) is 23.7 Å². The number of nitrogens with zero attached hydrogens (tertiary/aromatic N) is 1. The van der Waals surface area contributed by atoms with Crippen LogP contribution in [0.4, 0.5) is 13.2 Å². The molecule has 0 atom stereocenters. The Labute approximate surface area is 133 Å². The number of hydrogen-bond acceptors (Lipinski definition) is 2. The molecule has 0 aliphatic heterocycles. The molecule has 1 aromatic carbocycles. The van der Waals surface area contributed by atoms with Gasteiger partial charge in [0.05, 0.1) is 13.0 Å². The van der Waals surface area contributed by atoms with Gasteiger partial charge in [0.1, 0.15) is 0 Å². The van der Waals surface area contributed by atoms with Crippen molar-refractivity contribution < 1.29 is 13.2 Å². The molecule has 0 unspecified atom stereocenters. The van der Waals surface area contributed by atoms with Crippen LogP contribution >= 0.6 is 11.8 Å². The third-order valence-electron chi connectivity index (χ3n) is 2.69. The molecule has 0 aromatic heterocycles. The Bertz CT molecular complexity index is 458. The molecule has 0 saturated carbocycles. The molecule has 0 fully saturated rings. The van der Waals surface area contributed by atoms with Crippen LogP contribution in [-0.4, -0.2) is 37.5 Å². The van der Waals surface area contributed by atoms with Crippen molar-refractivity contribution in [3.63, 3.8) is 0 Å². The lowest BCUT2D eigenvalue weighted by atomic mass is 10.2. The Hall–Kier alpha value is -1.37. The Morgan fingerprint density at radius 2 is 1.86 bits per heavy atom. The monoisotopic (exact) mass is 333 g/mol. The summed E-state index contributed by atoms with van der Waals surface area (Å²) in [6.07, 6.45) is -5.07. The molecule has 0 radical (unpaired) electrons. The molecule has 0 spiro atoms. The van der Waals surface area contributed by atoms with Crippen LogP contribution < -0.4 is 10.6 Å². The van der Waals surface area contributed by atoms with Crippen LogP contribution in [0.1, 0.15) is 18.9 Å². The number of benzene rings is 1. The second-order valence-electron chi connectivity index (χ2n) is 4.71. The number of halogens is 3. The molecule has 0 bridgehead atoms. The summed E-state index contributed by atoms with van der Waals surface area (Å²) in [7, 11) is 0. The molecule has 1 aromatic rings. The molecule has 3 nitrogen and oxygen atoms in total. The Balaban J connectivity index is 2.31. The van der Waals surface area contributed by atoms with Gasteiger partial charge >= 0.3 is 6.18 Å². The fraction of sp³-hybridized carbons (Fsp3) is 0.533. The lowest BCUT2D eigenvalue weighted by Gasteiger charge is -2.11. The minimum Gasteiger partial charge on any atom is -0.357 e. The van der Waals surface area contributed by atoms with E-state index in [1.54, 1.807) is 11.8 Å². The Kier molecular flexibility index (Phi) is 8.16. The number of thioether (sulfide) groups is 1. The maximum absolute atomic E-state index is 12.1. The van der Waals surface area contributed by atoms with Crippen molar-refractivity contribution in [3.8, 4) is 0 Å². The molecule has 22 heavy (non-hydrogen) atoms. The number of nitrogens with one attached hydrogen (secondary N) is 2. The molecule has 0 aliphatic rings. The largest absolute Gasteiger partial charge is 0.390 e. The van der Waals surface area contributed by atoms with Gasteiger partial charge in [0.15, 0.2) is 5.96 Å². The van der Waals surface area contributed by atoms with E-state index in [0.717, 1.165) is 5.75 Å². The second kappa shape index (κ2) is 9.61. The van der Waals surface area contributed by atoms with Crippen LogP contribution in [0.25, 0.3) is 0 Å². The summed E-state index contributed by atoms with van der Waals surface area (Å²) in [5.74, 6) is 1.24. The predicted molar refractivity (Wildman–Crippen MR) is 86.6 cm³/mol. The highest BCUT2D eigenvalue weighted by Crippen LogP contribution is 2.19. The number of aryl methyl sites for hydroxylation is 1. The van der Waals surface area contributed by atoms with E-state index in [0.29, 0.717) is 19.0 Å². The minimum absolute atomic E-state index is 0.260. The molecule has 0 heterocycles. The zero-order valence-electron chi connectivity index (χ0n) is 12.8. The summed E-state index contributed by atoms with van der Waals surface area (Å²) in [6, 6.07) is 8.22. The highest BCUT2D eigenvalue weighted by molar-refractivity contribution is 7.99. The van der Waals surface area contributed by atoms with Gasteiger partial charge in [-0.25, -0.2) is 0 Å². The quantitative estimate of drug-likeness (QED) is 0.346. The van der Waals surface area contributed by atoms with E-state index < -0.39 is 12.6 Å². The first-order valence-electron chi connectivity index (χ1n) is 7.19. The van der Waals surface area contributed by atoms with Gasteiger partial charge in [-0.1, -0.05) is 17.7 Å². The van der Waals surface area contributed by atoms with Crippen molar-refractivity contribution in [1.82, 2.24) is 10.6 Å². The van der Waals surface area contributed by atoms with E-state index in [1.807, 2.05) is 13.8 Å². The predicted octanol–water partition coefficient (Wildman–Crippen LogP) is 3.59. The van der Waals surface area contributed by atoms with Gasteiger partial charge in [0.2, 0.25) is 0 Å². The number of aliphatic imine (C=N–C) groups is 1. The van der Waals surface area contributed by atoms with Gasteiger partial charge in [-0.2, -0.15) is 13.2 Å². The molecule has 124 valence electrons. The van der Waals surface area contributed by atoms with Crippen LogP contribution in [0, 0.1) is 6.92 Å². The van der Waals surface area contributed by atoms with E-state index in [-0.39, 0.29) is 6.54 Å². The average molecular weight is 333 g/mol. The van der Waals surface area contributed by atoms with Gasteiger partial charge in [-0.15, -0.1) is 11.8 Å². The van der Waals surface area contributed by atoms with Gasteiger partial charge < -0.3 is 10.6 Å². The lowest BCUT2D eigenvalue weighted by Crippen LogP contribution is -2.38. The third-order valence-corrected chi connectivity index (χ3v) is 3.71. The summed E-state index contributed by atoms with van der Waals surface area (Å²) < 4.78 is 36.3. The van der Waals surface area contributed by atoms with E-state index >= 15 is 0 Å². The van der Waals surface area contributed by atoms with Crippen LogP contribution in [0.5, 0.6) is 0 Å². The van der Waals surface area contributed by atoms with E-state index in [2.05, 4.69) is 39.9 Å². The maximum Gasteiger partial charge on any atom is 0.390 e. The number of hydrogen-bond donors (Lipinski definition) is 2. The number of alkyl halides is 3. The summed E-state index contributed by atoms with van der Waals surface area (Å²) in [5.41, 5.74) is 1.22. The molecular formula is C15H22F3N3S. The van der Waals surface area contributed by atoms with Crippen molar-refractivity contribution in [2.45, 2.75) is 31.3 Å². The van der Waals surface area contributed by atoms with Crippen LogP contribution in [0.2, 0.25) is 0 Å². The smallest absolute Gasteiger partial charge is 0.357 e. The topological polar surface area (TPSA) is 36.4 Å². The zero-order chi connectivity index (χ0) is 16.4. The maximum atomic E-state index is 12.1.